The minimum absolute atomic E-state index is 0.126. The van der Waals surface area contributed by atoms with E-state index in [2.05, 4.69) is 11.9 Å². The number of esters is 2. The molecule has 0 aliphatic carbocycles. The number of rotatable bonds is 10. The van der Waals surface area contributed by atoms with Gasteiger partial charge in [-0.1, -0.05) is 6.58 Å². The van der Waals surface area contributed by atoms with E-state index in [-0.39, 0.29) is 19.0 Å². The predicted molar refractivity (Wildman–Crippen MR) is 110 cm³/mol. The number of ether oxygens (including phenoxy) is 4. The topological polar surface area (TPSA) is 100 Å². The van der Waals surface area contributed by atoms with Crippen molar-refractivity contribution in [1.29, 1.82) is 0 Å². The first-order chi connectivity index (χ1) is 14.5. The van der Waals surface area contributed by atoms with E-state index in [0.717, 1.165) is 11.8 Å². The van der Waals surface area contributed by atoms with Gasteiger partial charge in [-0.05, 0) is 61.4 Å². The van der Waals surface area contributed by atoms with E-state index >= 15 is 0 Å². The molecule has 30 heavy (non-hydrogen) atoms. The van der Waals surface area contributed by atoms with Crippen LogP contribution in [0, 0.1) is 0 Å². The van der Waals surface area contributed by atoms with Crippen LogP contribution in [0.25, 0.3) is 0 Å². The van der Waals surface area contributed by atoms with E-state index in [0.29, 0.717) is 24.2 Å². The van der Waals surface area contributed by atoms with Crippen molar-refractivity contribution >= 4 is 23.8 Å². The van der Waals surface area contributed by atoms with Gasteiger partial charge < -0.3 is 24.3 Å². The highest BCUT2D eigenvalue weighted by molar-refractivity contribution is 5.91. The van der Waals surface area contributed by atoms with Gasteiger partial charge in [0.05, 0.1) is 18.8 Å². The molecular formula is C22H23NO7. The number of hydrogen-bond acceptors (Lipinski definition) is 8. The monoisotopic (exact) mass is 413 g/mol. The van der Waals surface area contributed by atoms with Gasteiger partial charge in [0.1, 0.15) is 11.5 Å². The van der Waals surface area contributed by atoms with Gasteiger partial charge in [-0.15, -0.1) is 0 Å². The van der Waals surface area contributed by atoms with Crippen LogP contribution in [0.4, 0.5) is 10.5 Å². The Balaban J connectivity index is 1.72. The minimum Gasteiger partial charge on any atom is -0.463 e. The van der Waals surface area contributed by atoms with Crippen LogP contribution in [0.2, 0.25) is 0 Å². The Kier molecular flexibility index (Phi) is 8.92. The summed E-state index contributed by atoms with van der Waals surface area (Å²) in [7, 11) is 1.80. The minimum atomic E-state index is -0.863. The molecule has 0 saturated heterocycles. The van der Waals surface area contributed by atoms with Gasteiger partial charge in [0.15, 0.2) is 0 Å². The second kappa shape index (κ2) is 11.9. The zero-order valence-electron chi connectivity index (χ0n) is 16.6. The first-order valence-corrected chi connectivity index (χ1v) is 9.25. The van der Waals surface area contributed by atoms with Gasteiger partial charge in [0.25, 0.3) is 0 Å². The third kappa shape index (κ3) is 7.67. The Labute approximate surface area is 174 Å². The molecule has 1 N–H and O–H groups in total. The Hall–Kier alpha value is -3.81. The van der Waals surface area contributed by atoms with Crippen molar-refractivity contribution in [3.8, 4) is 11.5 Å². The average molecular weight is 413 g/mol. The third-order valence-electron chi connectivity index (χ3n) is 3.81. The Bertz CT molecular complexity index is 860. The summed E-state index contributed by atoms with van der Waals surface area (Å²) in [4.78, 5) is 34.7. The third-order valence-corrected chi connectivity index (χ3v) is 3.81. The van der Waals surface area contributed by atoms with Gasteiger partial charge in [0, 0.05) is 18.8 Å². The van der Waals surface area contributed by atoms with Crippen molar-refractivity contribution in [2.75, 3.05) is 25.6 Å². The van der Waals surface area contributed by atoms with Crippen molar-refractivity contribution in [3.63, 3.8) is 0 Å². The Morgan fingerprint density at radius 1 is 0.867 bits per heavy atom. The molecule has 0 atom stereocenters. The van der Waals surface area contributed by atoms with Crippen molar-refractivity contribution in [2.45, 2.75) is 12.8 Å². The highest BCUT2D eigenvalue weighted by Gasteiger charge is 2.11. The second-order valence-electron chi connectivity index (χ2n) is 5.97. The lowest BCUT2D eigenvalue weighted by Gasteiger charge is -2.08. The number of unbranched alkanes of at least 4 members (excludes halogenated alkanes) is 1. The van der Waals surface area contributed by atoms with E-state index in [9.17, 15) is 14.4 Å². The van der Waals surface area contributed by atoms with Gasteiger partial charge in [-0.3, -0.25) is 0 Å². The van der Waals surface area contributed by atoms with Crippen LogP contribution in [0.1, 0.15) is 23.2 Å². The van der Waals surface area contributed by atoms with Crippen LogP contribution in [0.5, 0.6) is 11.5 Å². The maximum absolute atomic E-state index is 12.2. The van der Waals surface area contributed by atoms with Gasteiger partial charge in [-0.2, -0.15) is 0 Å². The lowest BCUT2D eigenvalue weighted by molar-refractivity contribution is -0.137. The van der Waals surface area contributed by atoms with Crippen LogP contribution in [0.3, 0.4) is 0 Å². The van der Waals surface area contributed by atoms with E-state index in [4.69, 9.17) is 18.9 Å². The normalized spacial score (nSPS) is 9.90. The molecule has 0 amide bonds. The zero-order valence-corrected chi connectivity index (χ0v) is 16.6. The maximum Gasteiger partial charge on any atom is 0.513 e. The van der Waals surface area contributed by atoms with Crippen LogP contribution in [-0.4, -0.2) is 38.4 Å². The quantitative estimate of drug-likeness (QED) is 0.205. The molecule has 2 rings (SSSR count). The zero-order chi connectivity index (χ0) is 21.8. The van der Waals surface area contributed by atoms with Crippen molar-refractivity contribution in [3.05, 3.63) is 66.7 Å². The maximum atomic E-state index is 12.2. The molecule has 0 unspecified atom stereocenters. The van der Waals surface area contributed by atoms with Gasteiger partial charge >= 0.3 is 18.1 Å². The van der Waals surface area contributed by atoms with E-state index in [1.54, 1.807) is 31.3 Å². The summed E-state index contributed by atoms with van der Waals surface area (Å²) >= 11 is 0. The Morgan fingerprint density at radius 3 is 2.03 bits per heavy atom. The molecule has 0 aliphatic rings. The lowest BCUT2D eigenvalue weighted by Crippen LogP contribution is -2.12. The molecule has 0 aliphatic heterocycles. The SMILES string of the molecule is C=CC(=O)OCCCCOC(=O)Oc1ccc(C(=O)Oc2ccc(NC)cc2)cc1. The fourth-order valence-electron chi connectivity index (χ4n) is 2.23. The van der Waals surface area contributed by atoms with Crippen LogP contribution >= 0.6 is 0 Å². The summed E-state index contributed by atoms with van der Waals surface area (Å²) in [6.07, 6.45) is 1.28. The summed E-state index contributed by atoms with van der Waals surface area (Å²) in [6.45, 7) is 3.64. The van der Waals surface area contributed by atoms with Crippen LogP contribution in [0.15, 0.2) is 61.2 Å². The Morgan fingerprint density at radius 2 is 1.43 bits per heavy atom. The van der Waals surface area contributed by atoms with E-state index in [1.165, 1.54) is 24.3 Å². The van der Waals surface area contributed by atoms with Crippen LogP contribution in [-0.2, 0) is 14.3 Å². The molecule has 0 aromatic heterocycles. The molecule has 2 aromatic carbocycles. The first-order valence-electron chi connectivity index (χ1n) is 9.25. The molecule has 0 fully saturated rings. The summed E-state index contributed by atoms with van der Waals surface area (Å²) in [5.41, 5.74) is 1.21. The van der Waals surface area contributed by atoms with Crippen molar-refractivity contribution in [1.82, 2.24) is 0 Å². The lowest BCUT2D eigenvalue weighted by atomic mass is 10.2. The molecule has 158 valence electrons. The molecule has 8 heteroatoms. The van der Waals surface area contributed by atoms with Crippen molar-refractivity contribution in [2.24, 2.45) is 0 Å². The largest absolute Gasteiger partial charge is 0.513 e. The van der Waals surface area contributed by atoms with E-state index in [1.807, 2.05) is 0 Å². The first kappa shape index (κ1) is 22.5. The highest BCUT2D eigenvalue weighted by atomic mass is 16.7. The van der Waals surface area contributed by atoms with Crippen molar-refractivity contribution < 1.29 is 33.3 Å². The number of carbonyl (C=O) groups excluding carboxylic acids is 3. The summed E-state index contributed by atoms with van der Waals surface area (Å²) < 4.78 is 20.1. The van der Waals surface area contributed by atoms with Gasteiger partial charge in [-0.25, -0.2) is 14.4 Å². The number of carbonyl (C=O) groups is 3. The standard InChI is InChI=1S/C22H23NO7/c1-3-20(24)27-14-4-5-15-28-22(26)30-19-10-6-16(7-11-19)21(25)29-18-12-8-17(23-2)9-13-18/h3,6-13,23H,1,4-5,14-15H2,2H3. The highest BCUT2D eigenvalue weighted by Crippen LogP contribution is 2.18. The summed E-state index contributed by atoms with van der Waals surface area (Å²) in [5, 5.41) is 2.98. The van der Waals surface area contributed by atoms with Crippen LogP contribution < -0.4 is 14.8 Å². The molecule has 0 bridgehead atoms. The number of benzene rings is 2. The molecule has 0 heterocycles. The average Bonchev–Trinajstić information content (AvgIpc) is 2.76. The smallest absolute Gasteiger partial charge is 0.463 e. The molecule has 2 aromatic rings. The molecular weight excluding hydrogens is 390 g/mol. The van der Waals surface area contributed by atoms with E-state index < -0.39 is 18.1 Å². The number of hydrogen-bond donors (Lipinski definition) is 1. The molecule has 8 nitrogen and oxygen atoms in total. The molecule has 0 spiro atoms. The molecule has 0 saturated carbocycles. The summed E-state index contributed by atoms with van der Waals surface area (Å²) in [5.74, 6) is -0.371. The predicted octanol–water partition coefficient (Wildman–Crippen LogP) is 3.97. The number of anilines is 1. The fourth-order valence-corrected chi connectivity index (χ4v) is 2.23. The molecule has 0 radical (unpaired) electrons. The fraction of sp³-hybridized carbons (Fsp3) is 0.227. The van der Waals surface area contributed by atoms with Gasteiger partial charge in [0.2, 0.25) is 0 Å². The summed E-state index contributed by atoms with van der Waals surface area (Å²) in [6, 6.07) is 12.9. The number of nitrogens with one attached hydrogen (secondary N) is 1. The second-order valence-corrected chi connectivity index (χ2v) is 5.97.